The molecule has 0 radical (unpaired) electrons. The van der Waals surface area contributed by atoms with E-state index >= 15 is 0 Å². The molecule has 2 aliphatic heterocycles. The van der Waals surface area contributed by atoms with Gasteiger partial charge in [0, 0.05) is 54.5 Å². The van der Waals surface area contributed by atoms with E-state index in [2.05, 4.69) is 97.2 Å². The zero-order valence-electron chi connectivity index (χ0n) is 22.7. The first-order valence-electron chi connectivity index (χ1n) is 13.7. The molecule has 1 aromatic heterocycles. The van der Waals surface area contributed by atoms with Crippen molar-refractivity contribution in [2.45, 2.75) is 64.6 Å². The number of aryl methyl sites for hydroxylation is 2. The molecule has 0 N–H and O–H groups in total. The van der Waals surface area contributed by atoms with Crippen molar-refractivity contribution < 1.29 is 4.79 Å². The fourth-order valence-electron chi connectivity index (χ4n) is 6.15. The lowest BCUT2D eigenvalue weighted by molar-refractivity contribution is 0.0170. The van der Waals surface area contributed by atoms with Gasteiger partial charge in [0.2, 0.25) is 0 Å². The van der Waals surface area contributed by atoms with Gasteiger partial charge in [0.05, 0.1) is 17.0 Å². The van der Waals surface area contributed by atoms with Gasteiger partial charge in [0.1, 0.15) is 6.33 Å². The Morgan fingerprint density at radius 1 is 0.974 bits per heavy atom. The molecule has 38 heavy (non-hydrogen) atoms. The predicted octanol–water partition coefficient (Wildman–Crippen LogP) is 6.02. The predicted molar refractivity (Wildman–Crippen MR) is 156 cm³/mol. The van der Waals surface area contributed by atoms with Crippen LogP contribution in [0, 0.1) is 13.8 Å². The normalized spacial score (nSPS) is 18.4. The molecule has 0 unspecified atom stereocenters. The second kappa shape index (κ2) is 11.5. The van der Waals surface area contributed by atoms with E-state index in [4.69, 9.17) is 0 Å². The van der Waals surface area contributed by atoms with E-state index < -0.39 is 0 Å². The van der Waals surface area contributed by atoms with Crippen molar-refractivity contribution in [3.63, 3.8) is 0 Å². The average molecular weight is 577 g/mol. The Balaban J connectivity index is 1.23. The summed E-state index contributed by atoms with van der Waals surface area (Å²) in [5.74, 6) is 0.0759. The smallest absolute Gasteiger partial charge is 0.257 e. The summed E-state index contributed by atoms with van der Waals surface area (Å²) in [4.78, 5) is 29.1. The highest BCUT2D eigenvalue weighted by atomic mass is 79.9. The van der Waals surface area contributed by atoms with Crippen LogP contribution in [0.2, 0.25) is 0 Å². The van der Waals surface area contributed by atoms with E-state index in [1.165, 1.54) is 17.6 Å². The highest BCUT2D eigenvalue weighted by Crippen LogP contribution is 2.34. The maximum Gasteiger partial charge on any atom is 0.257 e. The van der Waals surface area contributed by atoms with Crippen LogP contribution in [0.1, 0.15) is 59.9 Å². The molecule has 7 heteroatoms. The van der Waals surface area contributed by atoms with Crippen molar-refractivity contribution in [1.29, 1.82) is 0 Å². The van der Waals surface area contributed by atoms with Crippen LogP contribution in [0.5, 0.6) is 0 Å². The Kier molecular flexibility index (Phi) is 8.15. The van der Waals surface area contributed by atoms with Crippen molar-refractivity contribution >= 4 is 27.5 Å². The van der Waals surface area contributed by atoms with Gasteiger partial charge in [-0.3, -0.25) is 9.69 Å². The Hall–Kier alpha value is -2.77. The number of aromatic nitrogens is 2. The molecule has 0 spiro atoms. The summed E-state index contributed by atoms with van der Waals surface area (Å²) < 4.78 is 1.12. The lowest BCUT2D eigenvalue weighted by Gasteiger charge is -2.50. The zero-order chi connectivity index (χ0) is 26.7. The van der Waals surface area contributed by atoms with Crippen LogP contribution in [-0.4, -0.2) is 63.4 Å². The number of carbonyl (C=O) groups is 1. The van der Waals surface area contributed by atoms with Gasteiger partial charge in [-0.05, 0) is 70.2 Å². The van der Waals surface area contributed by atoms with E-state index in [1.807, 2.05) is 18.7 Å². The Bertz CT molecular complexity index is 1230. The quantitative estimate of drug-likeness (QED) is 0.359. The summed E-state index contributed by atoms with van der Waals surface area (Å²) in [5.41, 5.74) is 4.94. The molecule has 2 aromatic carbocycles. The third-order valence-corrected chi connectivity index (χ3v) is 9.07. The largest absolute Gasteiger partial charge is 0.364 e. The van der Waals surface area contributed by atoms with Gasteiger partial charge in [-0.1, -0.05) is 52.3 Å². The van der Waals surface area contributed by atoms with Crippen LogP contribution in [-0.2, 0) is 6.54 Å². The summed E-state index contributed by atoms with van der Waals surface area (Å²) >= 11 is 3.68. The first-order chi connectivity index (χ1) is 18.3. The van der Waals surface area contributed by atoms with Gasteiger partial charge in [0.15, 0.2) is 0 Å². The molecule has 3 heterocycles. The highest BCUT2D eigenvalue weighted by Gasteiger charge is 2.39. The maximum absolute atomic E-state index is 13.3. The van der Waals surface area contributed by atoms with Crippen LogP contribution < -0.4 is 4.90 Å². The minimum Gasteiger partial charge on any atom is -0.364 e. The molecule has 3 aromatic rings. The molecule has 0 saturated carbocycles. The first kappa shape index (κ1) is 26.8. The fourth-order valence-corrected chi connectivity index (χ4v) is 6.54. The number of piperidine rings is 2. The number of amides is 1. The number of rotatable bonds is 6. The second-order valence-corrected chi connectivity index (χ2v) is 11.9. The number of halogens is 1. The monoisotopic (exact) mass is 575 g/mol. The Morgan fingerprint density at radius 2 is 1.63 bits per heavy atom. The summed E-state index contributed by atoms with van der Waals surface area (Å²) in [6, 6.07) is 20.0. The minimum atomic E-state index is 0.0759. The molecular formula is C31H38BrN5O. The van der Waals surface area contributed by atoms with Gasteiger partial charge in [-0.15, -0.1) is 0 Å². The number of nitrogens with zero attached hydrogens (tertiary/aromatic N) is 5. The minimum absolute atomic E-state index is 0.0759. The standard InChI is InChI=1S/C31H38BrN5O/c1-23-29(24(2)34-22-33-23)30(38)35-18-14-31(3,15-19-35)36-16-12-27(13-17-36)37(21-25-8-5-4-6-9-25)28-11-7-10-26(32)20-28/h4-11,20,22,27H,12-19,21H2,1-3H3. The molecule has 5 rings (SSSR count). The van der Waals surface area contributed by atoms with E-state index in [0.717, 1.165) is 74.3 Å². The number of hydrogen-bond donors (Lipinski definition) is 0. The van der Waals surface area contributed by atoms with Crippen molar-refractivity contribution in [1.82, 2.24) is 19.8 Å². The summed E-state index contributed by atoms with van der Waals surface area (Å²) in [5, 5.41) is 0. The van der Waals surface area contributed by atoms with Crippen molar-refractivity contribution in [3.05, 3.63) is 87.9 Å². The number of anilines is 1. The highest BCUT2D eigenvalue weighted by molar-refractivity contribution is 9.10. The van der Waals surface area contributed by atoms with E-state index in [9.17, 15) is 4.79 Å². The molecule has 6 nitrogen and oxygen atoms in total. The number of benzene rings is 2. The van der Waals surface area contributed by atoms with Gasteiger partial charge in [-0.2, -0.15) is 0 Å². The lowest BCUT2D eigenvalue weighted by atomic mass is 9.85. The topological polar surface area (TPSA) is 52.6 Å². The summed E-state index contributed by atoms with van der Waals surface area (Å²) in [6.45, 7) is 10.8. The van der Waals surface area contributed by atoms with E-state index in [1.54, 1.807) is 0 Å². The van der Waals surface area contributed by atoms with Crippen LogP contribution in [0.15, 0.2) is 65.4 Å². The number of likely N-dealkylation sites (tertiary alicyclic amines) is 2. The molecule has 0 atom stereocenters. The van der Waals surface area contributed by atoms with Crippen molar-refractivity contribution in [2.24, 2.45) is 0 Å². The van der Waals surface area contributed by atoms with Gasteiger partial charge >= 0.3 is 0 Å². The molecule has 2 saturated heterocycles. The number of hydrogen-bond acceptors (Lipinski definition) is 5. The van der Waals surface area contributed by atoms with Crippen LogP contribution in [0.4, 0.5) is 5.69 Å². The van der Waals surface area contributed by atoms with Gasteiger partial charge < -0.3 is 9.80 Å². The SMILES string of the molecule is Cc1ncnc(C)c1C(=O)N1CCC(C)(N2CCC(N(Cc3ccccc3)c3cccc(Br)c3)CC2)CC1. The summed E-state index contributed by atoms with van der Waals surface area (Å²) in [7, 11) is 0. The van der Waals surface area contributed by atoms with Gasteiger partial charge in [-0.25, -0.2) is 9.97 Å². The summed E-state index contributed by atoms with van der Waals surface area (Å²) in [6.07, 6.45) is 5.80. The van der Waals surface area contributed by atoms with E-state index in [-0.39, 0.29) is 11.4 Å². The van der Waals surface area contributed by atoms with Crippen LogP contribution in [0.25, 0.3) is 0 Å². The fraction of sp³-hybridized carbons (Fsp3) is 0.452. The number of carbonyl (C=O) groups excluding carboxylic acids is 1. The molecule has 0 bridgehead atoms. The molecule has 2 fully saturated rings. The lowest BCUT2D eigenvalue weighted by Crippen LogP contribution is -2.58. The van der Waals surface area contributed by atoms with Crippen molar-refractivity contribution in [3.8, 4) is 0 Å². The molecule has 0 aliphatic carbocycles. The van der Waals surface area contributed by atoms with E-state index in [0.29, 0.717) is 11.6 Å². The second-order valence-electron chi connectivity index (χ2n) is 11.0. The molecule has 1 amide bonds. The molecule has 200 valence electrons. The third kappa shape index (κ3) is 5.79. The average Bonchev–Trinajstić information content (AvgIpc) is 2.93. The molecular weight excluding hydrogens is 538 g/mol. The zero-order valence-corrected chi connectivity index (χ0v) is 24.3. The molecule has 2 aliphatic rings. The van der Waals surface area contributed by atoms with Crippen LogP contribution >= 0.6 is 15.9 Å². The van der Waals surface area contributed by atoms with Crippen molar-refractivity contribution in [2.75, 3.05) is 31.1 Å². The Labute approximate surface area is 235 Å². The Morgan fingerprint density at radius 3 is 2.26 bits per heavy atom. The van der Waals surface area contributed by atoms with Gasteiger partial charge in [0.25, 0.3) is 5.91 Å². The maximum atomic E-state index is 13.3. The van der Waals surface area contributed by atoms with Crippen LogP contribution in [0.3, 0.4) is 0 Å². The first-order valence-corrected chi connectivity index (χ1v) is 14.5. The third-order valence-electron chi connectivity index (χ3n) is 8.57.